The third kappa shape index (κ3) is 2.83. The summed E-state index contributed by atoms with van der Waals surface area (Å²) in [6.07, 6.45) is 3.57. The first-order chi connectivity index (χ1) is 8.18. The van der Waals surface area contributed by atoms with Crippen LogP contribution in [0.15, 0.2) is 6.20 Å². The first-order valence-electron chi connectivity index (χ1n) is 5.62. The van der Waals surface area contributed by atoms with Crippen molar-refractivity contribution in [3.05, 3.63) is 17.5 Å². The molecule has 0 amide bonds. The number of aryl methyl sites for hydroxylation is 1. The molecule has 1 aromatic rings. The summed E-state index contributed by atoms with van der Waals surface area (Å²) in [5.41, 5.74) is 0.773. The molecule has 1 N–H and O–H groups in total. The molecule has 1 fully saturated rings. The molecule has 2 rings (SSSR count). The van der Waals surface area contributed by atoms with E-state index in [4.69, 9.17) is 14.6 Å². The number of rotatable bonds is 5. The predicted octanol–water partition coefficient (Wildman–Crippen LogP) is 0.814. The molecule has 1 atom stereocenters. The quantitative estimate of drug-likeness (QED) is 0.824. The molecule has 17 heavy (non-hydrogen) atoms. The molecule has 0 aromatic carbocycles. The molecule has 0 aliphatic carbocycles. The van der Waals surface area contributed by atoms with Gasteiger partial charge in [-0.3, -0.25) is 4.68 Å². The summed E-state index contributed by atoms with van der Waals surface area (Å²) in [5.74, 6) is -0.978. The molecular weight excluding hydrogens is 224 g/mol. The van der Waals surface area contributed by atoms with Crippen LogP contribution in [-0.4, -0.2) is 40.2 Å². The smallest absolute Gasteiger partial charge is 0.339 e. The zero-order chi connectivity index (χ0) is 12.3. The van der Waals surface area contributed by atoms with Crippen LogP contribution in [0.25, 0.3) is 0 Å². The first kappa shape index (κ1) is 12.1. The van der Waals surface area contributed by atoms with Crippen molar-refractivity contribution in [2.24, 2.45) is 7.05 Å². The number of carbonyl (C=O) groups is 1. The number of carboxylic acid groups (broad SMARTS) is 1. The number of aromatic nitrogens is 2. The van der Waals surface area contributed by atoms with Crippen molar-refractivity contribution in [1.29, 1.82) is 0 Å². The van der Waals surface area contributed by atoms with Gasteiger partial charge in [-0.25, -0.2) is 4.79 Å². The maximum absolute atomic E-state index is 10.9. The number of hydrogen-bond acceptors (Lipinski definition) is 4. The molecule has 94 valence electrons. The molecule has 0 spiro atoms. The second-order valence-electron chi connectivity index (χ2n) is 4.08. The van der Waals surface area contributed by atoms with E-state index in [2.05, 4.69) is 5.10 Å². The zero-order valence-electron chi connectivity index (χ0n) is 9.76. The molecule has 0 saturated carbocycles. The Morgan fingerprint density at radius 1 is 1.76 bits per heavy atom. The molecule has 6 nitrogen and oxygen atoms in total. The van der Waals surface area contributed by atoms with Gasteiger partial charge in [-0.15, -0.1) is 0 Å². The highest BCUT2D eigenvalue weighted by atomic mass is 16.5. The highest BCUT2D eigenvalue weighted by Gasteiger charge is 2.18. The molecule has 2 heterocycles. The van der Waals surface area contributed by atoms with Crippen LogP contribution < -0.4 is 0 Å². The van der Waals surface area contributed by atoms with Crippen LogP contribution in [0, 0.1) is 0 Å². The maximum atomic E-state index is 10.9. The van der Waals surface area contributed by atoms with Gasteiger partial charge in [0.15, 0.2) is 0 Å². The van der Waals surface area contributed by atoms with Crippen molar-refractivity contribution in [2.45, 2.75) is 25.6 Å². The lowest BCUT2D eigenvalue weighted by atomic mass is 10.2. The maximum Gasteiger partial charge on any atom is 0.339 e. The fourth-order valence-electron chi connectivity index (χ4n) is 1.88. The van der Waals surface area contributed by atoms with Crippen LogP contribution in [0.5, 0.6) is 0 Å². The number of aromatic carboxylic acids is 1. The molecular formula is C11H16N2O4. The number of ether oxygens (including phenoxy) is 2. The lowest BCUT2D eigenvalue weighted by molar-refractivity contribution is 0.00851. The molecule has 1 saturated heterocycles. The molecule has 0 bridgehead atoms. The van der Waals surface area contributed by atoms with E-state index >= 15 is 0 Å². The molecule has 1 aliphatic heterocycles. The second-order valence-corrected chi connectivity index (χ2v) is 4.08. The Bertz CT molecular complexity index is 396. The van der Waals surface area contributed by atoms with E-state index < -0.39 is 5.97 Å². The normalized spacial score (nSPS) is 19.7. The average Bonchev–Trinajstić information content (AvgIpc) is 2.89. The fraction of sp³-hybridized carbons (Fsp3) is 0.636. The van der Waals surface area contributed by atoms with Gasteiger partial charge in [-0.05, 0) is 12.8 Å². The molecule has 1 aliphatic rings. The van der Waals surface area contributed by atoms with Gasteiger partial charge in [0.25, 0.3) is 0 Å². The number of carboxylic acids is 1. The second kappa shape index (κ2) is 5.29. The van der Waals surface area contributed by atoms with Gasteiger partial charge in [0.05, 0.1) is 31.2 Å². The Balaban J connectivity index is 1.89. The SMILES string of the molecule is Cn1ncc(C(=O)O)c1COC[C@H]1CCCO1. The van der Waals surface area contributed by atoms with E-state index in [1.54, 1.807) is 7.05 Å². The molecule has 1 aromatic heterocycles. The molecule has 6 heteroatoms. The third-order valence-electron chi connectivity index (χ3n) is 2.86. The number of nitrogens with zero attached hydrogens (tertiary/aromatic N) is 2. The van der Waals surface area contributed by atoms with Gasteiger partial charge in [-0.1, -0.05) is 0 Å². The van der Waals surface area contributed by atoms with E-state index in [-0.39, 0.29) is 18.3 Å². The Morgan fingerprint density at radius 2 is 2.59 bits per heavy atom. The molecule has 0 unspecified atom stereocenters. The van der Waals surface area contributed by atoms with Gasteiger partial charge < -0.3 is 14.6 Å². The van der Waals surface area contributed by atoms with Gasteiger partial charge in [0, 0.05) is 13.7 Å². The minimum Gasteiger partial charge on any atom is -0.478 e. The zero-order valence-corrected chi connectivity index (χ0v) is 9.76. The van der Waals surface area contributed by atoms with E-state index in [1.807, 2.05) is 0 Å². The highest BCUT2D eigenvalue weighted by molar-refractivity contribution is 5.88. The van der Waals surface area contributed by atoms with Gasteiger partial charge in [0.2, 0.25) is 0 Å². The minimum atomic E-state index is -0.978. The summed E-state index contributed by atoms with van der Waals surface area (Å²) >= 11 is 0. The van der Waals surface area contributed by atoms with Crippen molar-refractivity contribution in [3.8, 4) is 0 Å². The third-order valence-corrected chi connectivity index (χ3v) is 2.86. The summed E-state index contributed by atoms with van der Waals surface area (Å²) in [6.45, 7) is 1.54. The number of hydrogen-bond donors (Lipinski definition) is 1. The monoisotopic (exact) mass is 240 g/mol. The fourth-order valence-corrected chi connectivity index (χ4v) is 1.88. The Kier molecular flexibility index (Phi) is 3.75. The lowest BCUT2D eigenvalue weighted by Crippen LogP contribution is -2.15. The van der Waals surface area contributed by atoms with Gasteiger partial charge in [-0.2, -0.15) is 5.10 Å². The van der Waals surface area contributed by atoms with E-state index in [0.29, 0.717) is 12.3 Å². The summed E-state index contributed by atoms with van der Waals surface area (Å²) in [7, 11) is 1.71. The highest BCUT2D eigenvalue weighted by Crippen LogP contribution is 2.14. The van der Waals surface area contributed by atoms with Crippen molar-refractivity contribution in [3.63, 3.8) is 0 Å². The van der Waals surface area contributed by atoms with E-state index in [1.165, 1.54) is 10.9 Å². The van der Waals surface area contributed by atoms with E-state index in [9.17, 15) is 4.79 Å². The Labute approximate surface area is 99.1 Å². The van der Waals surface area contributed by atoms with Crippen LogP contribution in [0.2, 0.25) is 0 Å². The minimum absolute atomic E-state index is 0.150. The van der Waals surface area contributed by atoms with Gasteiger partial charge in [0.1, 0.15) is 5.56 Å². The average molecular weight is 240 g/mol. The lowest BCUT2D eigenvalue weighted by Gasteiger charge is -2.10. The predicted molar refractivity (Wildman–Crippen MR) is 58.8 cm³/mol. The Morgan fingerprint density at radius 3 is 3.24 bits per heavy atom. The topological polar surface area (TPSA) is 73.6 Å². The summed E-state index contributed by atoms with van der Waals surface area (Å²) in [6, 6.07) is 0. The Hall–Kier alpha value is -1.40. The molecule has 0 radical (unpaired) electrons. The van der Waals surface area contributed by atoms with Crippen LogP contribution >= 0.6 is 0 Å². The largest absolute Gasteiger partial charge is 0.478 e. The van der Waals surface area contributed by atoms with Crippen molar-refractivity contribution in [1.82, 2.24) is 9.78 Å². The van der Waals surface area contributed by atoms with E-state index in [0.717, 1.165) is 19.4 Å². The first-order valence-corrected chi connectivity index (χ1v) is 5.62. The van der Waals surface area contributed by atoms with Crippen LogP contribution in [0.4, 0.5) is 0 Å². The van der Waals surface area contributed by atoms with Crippen LogP contribution in [0.1, 0.15) is 28.9 Å². The van der Waals surface area contributed by atoms with Crippen LogP contribution in [-0.2, 0) is 23.1 Å². The van der Waals surface area contributed by atoms with Crippen molar-refractivity contribution >= 4 is 5.97 Å². The summed E-state index contributed by atoms with van der Waals surface area (Å²) in [5, 5.41) is 12.9. The van der Waals surface area contributed by atoms with Gasteiger partial charge >= 0.3 is 5.97 Å². The van der Waals surface area contributed by atoms with Crippen molar-refractivity contribution < 1.29 is 19.4 Å². The van der Waals surface area contributed by atoms with Crippen LogP contribution in [0.3, 0.4) is 0 Å². The summed E-state index contributed by atoms with van der Waals surface area (Å²) < 4.78 is 12.4. The van der Waals surface area contributed by atoms with Crippen molar-refractivity contribution in [2.75, 3.05) is 13.2 Å². The summed E-state index contributed by atoms with van der Waals surface area (Å²) in [4.78, 5) is 10.9. The standard InChI is InChI=1S/C11H16N2O4/c1-13-10(9(5-12-13)11(14)15)7-16-6-8-3-2-4-17-8/h5,8H,2-4,6-7H2,1H3,(H,14,15)/t8-/m1/s1.